The molecule has 3 atom stereocenters. The van der Waals surface area contributed by atoms with Crippen LogP contribution >= 0.6 is 11.6 Å². The zero-order valence-electron chi connectivity index (χ0n) is 23.3. The molecule has 0 spiro atoms. The molecule has 1 aliphatic heterocycles. The van der Waals surface area contributed by atoms with Gasteiger partial charge in [-0.2, -0.15) is 0 Å². The Balaban J connectivity index is 1.52. The lowest BCUT2D eigenvalue weighted by molar-refractivity contribution is -0.142. The number of anilines is 1. The quantitative estimate of drug-likeness (QED) is 0.180. The van der Waals surface area contributed by atoms with Crippen molar-refractivity contribution in [2.24, 2.45) is 16.5 Å². The minimum absolute atomic E-state index is 0.0375. The smallest absolute Gasteiger partial charge is 0.248 e. The van der Waals surface area contributed by atoms with E-state index in [1.54, 1.807) is 30.3 Å². The van der Waals surface area contributed by atoms with Gasteiger partial charge in [0.2, 0.25) is 17.7 Å². The molecule has 10 nitrogen and oxygen atoms in total. The monoisotopic (exact) mass is 590 g/mol. The van der Waals surface area contributed by atoms with Crippen molar-refractivity contribution in [1.29, 1.82) is 0 Å². The first-order valence-electron chi connectivity index (χ1n) is 13.6. The van der Waals surface area contributed by atoms with Crippen LogP contribution < -0.4 is 22.1 Å². The van der Waals surface area contributed by atoms with Crippen LogP contribution in [-0.4, -0.2) is 52.3 Å². The first-order chi connectivity index (χ1) is 20.1. The Hall–Kier alpha value is -4.41. The summed E-state index contributed by atoms with van der Waals surface area (Å²) >= 11 is 6.10. The molecule has 3 amide bonds. The van der Waals surface area contributed by atoms with E-state index in [4.69, 9.17) is 23.1 Å². The van der Waals surface area contributed by atoms with E-state index in [2.05, 4.69) is 15.6 Å². The van der Waals surface area contributed by atoms with E-state index in [9.17, 15) is 19.5 Å². The summed E-state index contributed by atoms with van der Waals surface area (Å²) in [6, 6.07) is 19.7. The second-order valence-electron chi connectivity index (χ2n) is 10.3. The Morgan fingerprint density at radius 1 is 1.05 bits per heavy atom. The van der Waals surface area contributed by atoms with Crippen LogP contribution in [0, 0.1) is 6.92 Å². The number of amides is 3. The zero-order chi connectivity index (χ0) is 30.2. The number of halogens is 1. The Labute approximate surface area is 249 Å². The van der Waals surface area contributed by atoms with E-state index in [1.165, 1.54) is 4.90 Å². The van der Waals surface area contributed by atoms with Gasteiger partial charge in [0.05, 0.1) is 12.6 Å². The SMILES string of the molecule is Cc1cc(NC(=O)[C@H](CN=C(N)N)NC(=O)[C@@H]2Cc3ccccc3CN2C(=O)CCC(O)c2ccccc2)ccc1Cl. The molecule has 0 aliphatic carbocycles. The van der Waals surface area contributed by atoms with Crippen molar-refractivity contribution in [2.45, 2.75) is 50.9 Å². The molecule has 0 saturated carbocycles. The van der Waals surface area contributed by atoms with Crippen LogP contribution in [0.25, 0.3) is 0 Å². The summed E-state index contributed by atoms with van der Waals surface area (Å²) in [4.78, 5) is 45.9. The van der Waals surface area contributed by atoms with Gasteiger partial charge in [-0.3, -0.25) is 19.4 Å². The number of nitrogens with one attached hydrogen (secondary N) is 2. The molecular formula is C31H35ClN6O4. The molecule has 0 saturated heterocycles. The lowest BCUT2D eigenvalue weighted by Gasteiger charge is -2.37. The van der Waals surface area contributed by atoms with Gasteiger partial charge in [-0.25, -0.2) is 0 Å². The number of hydrogen-bond donors (Lipinski definition) is 5. The van der Waals surface area contributed by atoms with E-state index in [0.717, 1.165) is 16.7 Å². The molecule has 1 heterocycles. The third-order valence-electron chi connectivity index (χ3n) is 7.20. The number of fused-ring (bicyclic) bond motifs is 1. The number of aliphatic imine (C=N–C) groups is 1. The maximum atomic E-state index is 13.7. The number of benzene rings is 3. The van der Waals surface area contributed by atoms with E-state index in [-0.39, 0.29) is 44.2 Å². The molecule has 42 heavy (non-hydrogen) atoms. The summed E-state index contributed by atoms with van der Waals surface area (Å²) in [5, 5.41) is 16.7. The fraction of sp³-hybridized carbons (Fsp3) is 0.290. The molecule has 0 radical (unpaired) electrons. The van der Waals surface area contributed by atoms with E-state index in [0.29, 0.717) is 16.3 Å². The first kappa shape index (κ1) is 30.5. The number of nitrogens with zero attached hydrogens (tertiary/aromatic N) is 2. The van der Waals surface area contributed by atoms with Gasteiger partial charge in [-0.05, 0) is 53.8 Å². The number of aryl methyl sites for hydroxylation is 1. The molecule has 220 valence electrons. The van der Waals surface area contributed by atoms with Gasteiger partial charge in [-0.15, -0.1) is 0 Å². The van der Waals surface area contributed by atoms with Gasteiger partial charge in [0.1, 0.15) is 12.1 Å². The summed E-state index contributed by atoms with van der Waals surface area (Å²) < 4.78 is 0. The number of aliphatic hydroxyl groups excluding tert-OH is 1. The van der Waals surface area contributed by atoms with Crippen LogP contribution in [-0.2, 0) is 27.3 Å². The van der Waals surface area contributed by atoms with Crippen LogP contribution in [0.4, 0.5) is 5.69 Å². The molecule has 4 rings (SSSR count). The second kappa shape index (κ2) is 14.0. The standard InChI is InChI=1S/C31H35ClN6O4/c1-19-15-23(11-12-24(19)32)36-29(41)25(17-35-31(33)34)37-30(42)26-16-21-9-5-6-10-22(21)18-38(26)28(40)14-13-27(39)20-7-3-2-4-8-20/h2-12,15,25-27,39H,13-14,16-18H2,1H3,(H,36,41)(H,37,42)(H4,33,34,35)/t25-,26-,27?/m0/s1. The Bertz CT molecular complexity index is 1460. The van der Waals surface area contributed by atoms with Crippen molar-refractivity contribution in [2.75, 3.05) is 11.9 Å². The van der Waals surface area contributed by atoms with Crippen molar-refractivity contribution >= 4 is 41.0 Å². The molecule has 0 fully saturated rings. The lowest BCUT2D eigenvalue weighted by atomic mass is 9.92. The van der Waals surface area contributed by atoms with Crippen molar-refractivity contribution in [3.8, 4) is 0 Å². The fourth-order valence-corrected chi connectivity index (χ4v) is 4.99. The summed E-state index contributed by atoms with van der Waals surface area (Å²) in [7, 11) is 0. The highest BCUT2D eigenvalue weighted by molar-refractivity contribution is 6.31. The van der Waals surface area contributed by atoms with Gasteiger partial charge in [0.25, 0.3) is 0 Å². The summed E-state index contributed by atoms with van der Waals surface area (Å²) in [5.74, 6) is -1.55. The van der Waals surface area contributed by atoms with Crippen molar-refractivity contribution in [3.63, 3.8) is 0 Å². The lowest BCUT2D eigenvalue weighted by Crippen LogP contribution is -2.56. The summed E-state index contributed by atoms with van der Waals surface area (Å²) in [6.45, 7) is 1.83. The molecule has 1 aliphatic rings. The largest absolute Gasteiger partial charge is 0.388 e. The predicted octanol–water partition coefficient (Wildman–Crippen LogP) is 2.81. The zero-order valence-corrected chi connectivity index (χ0v) is 24.1. The Morgan fingerprint density at radius 2 is 1.74 bits per heavy atom. The number of guanidine groups is 1. The summed E-state index contributed by atoms with van der Waals surface area (Å²) in [6.07, 6.45) is -0.313. The minimum atomic E-state index is -1.12. The van der Waals surface area contributed by atoms with E-state index >= 15 is 0 Å². The van der Waals surface area contributed by atoms with E-state index in [1.807, 2.05) is 49.4 Å². The van der Waals surface area contributed by atoms with Crippen LogP contribution in [0.5, 0.6) is 0 Å². The third kappa shape index (κ3) is 7.86. The Kier molecular flexibility index (Phi) is 10.2. The molecule has 11 heteroatoms. The third-order valence-corrected chi connectivity index (χ3v) is 7.63. The average Bonchev–Trinajstić information content (AvgIpc) is 2.99. The van der Waals surface area contributed by atoms with Crippen molar-refractivity contribution < 1.29 is 19.5 Å². The van der Waals surface area contributed by atoms with Crippen LogP contribution in [0.15, 0.2) is 77.8 Å². The number of carbonyl (C=O) groups excluding carboxylic acids is 3. The average molecular weight is 591 g/mol. The number of aliphatic hydroxyl groups is 1. The van der Waals surface area contributed by atoms with Gasteiger partial charge in [-0.1, -0.05) is 66.2 Å². The Morgan fingerprint density at radius 3 is 2.43 bits per heavy atom. The van der Waals surface area contributed by atoms with Gasteiger partial charge in [0, 0.05) is 30.1 Å². The van der Waals surface area contributed by atoms with E-state index < -0.39 is 30.0 Å². The molecule has 3 aromatic carbocycles. The van der Waals surface area contributed by atoms with Gasteiger partial charge < -0.3 is 32.1 Å². The fourth-order valence-electron chi connectivity index (χ4n) is 4.88. The summed E-state index contributed by atoms with van der Waals surface area (Å²) in [5.41, 5.74) is 14.9. The van der Waals surface area contributed by atoms with Crippen molar-refractivity contribution in [3.05, 3.63) is 100 Å². The van der Waals surface area contributed by atoms with Gasteiger partial charge in [0.15, 0.2) is 5.96 Å². The molecule has 0 aromatic heterocycles. The highest BCUT2D eigenvalue weighted by Crippen LogP contribution is 2.26. The van der Waals surface area contributed by atoms with Crippen LogP contribution in [0.1, 0.15) is 41.2 Å². The molecular weight excluding hydrogens is 556 g/mol. The molecule has 1 unspecified atom stereocenters. The maximum Gasteiger partial charge on any atom is 0.248 e. The van der Waals surface area contributed by atoms with Gasteiger partial charge >= 0.3 is 0 Å². The molecule has 0 bridgehead atoms. The van der Waals surface area contributed by atoms with Crippen LogP contribution in [0.3, 0.4) is 0 Å². The highest BCUT2D eigenvalue weighted by atomic mass is 35.5. The van der Waals surface area contributed by atoms with Crippen LogP contribution in [0.2, 0.25) is 5.02 Å². The minimum Gasteiger partial charge on any atom is -0.388 e. The number of nitrogens with two attached hydrogens (primary N) is 2. The first-order valence-corrected chi connectivity index (χ1v) is 14.0. The number of rotatable bonds is 10. The topological polar surface area (TPSA) is 163 Å². The highest BCUT2D eigenvalue weighted by Gasteiger charge is 2.36. The van der Waals surface area contributed by atoms with Crippen molar-refractivity contribution in [1.82, 2.24) is 10.2 Å². The predicted molar refractivity (Wildman–Crippen MR) is 163 cm³/mol. The number of hydrogen-bond acceptors (Lipinski definition) is 5. The molecule has 3 aromatic rings. The maximum absolute atomic E-state index is 13.7. The second-order valence-corrected chi connectivity index (χ2v) is 10.7. The molecule has 7 N–H and O–H groups in total. The normalized spacial score (nSPS) is 15.6. The number of carbonyl (C=O) groups is 3.